The molecule has 1 aromatic rings. The molecule has 5 rings (SSSR count). The van der Waals surface area contributed by atoms with Crippen LogP contribution in [0.25, 0.3) is 0 Å². The third-order valence-electron chi connectivity index (χ3n) is 11.7. The smallest absolute Gasteiger partial charge is 0.171 e. The molecule has 1 heterocycles. The molecule has 3 saturated carbocycles. The second kappa shape index (κ2) is 10.9. The van der Waals surface area contributed by atoms with Gasteiger partial charge in [-0.1, -0.05) is 71.6 Å². The molecule has 0 aliphatic heterocycles. The molecule has 0 radical (unpaired) electrons. The van der Waals surface area contributed by atoms with Gasteiger partial charge in [-0.2, -0.15) is 0 Å². The van der Waals surface area contributed by atoms with Crippen LogP contribution in [0.4, 0.5) is 0 Å². The van der Waals surface area contributed by atoms with Gasteiger partial charge in [-0.05, 0) is 97.7 Å². The molecule has 8 atom stereocenters. The van der Waals surface area contributed by atoms with Crippen LogP contribution in [0, 0.1) is 46.3 Å². The summed E-state index contributed by atoms with van der Waals surface area (Å²) in [6.07, 6.45) is 22.7. The Balaban J connectivity index is 1.20. The van der Waals surface area contributed by atoms with Gasteiger partial charge in [0.05, 0.1) is 6.10 Å². The maximum atomic E-state index is 6.43. The Morgan fingerprint density at radius 1 is 0.944 bits per heavy atom. The minimum Gasteiger partial charge on any atom is -0.371 e. The predicted octanol–water partition coefficient (Wildman–Crippen LogP) is 8.40. The van der Waals surface area contributed by atoms with Gasteiger partial charge in [-0.25, -0.2) is 4.57 Å². The lowest BCUT2D eigenvalue weighted by Crippen LogP contribution is -2.51. The van der Waals surface area contributed by atoms with Gasteiger partial charge in [0.15, 0.2) is 18.9 Å². The van der Waals surface area contributed by atoms with E-state index in [0.29, 0.717) is 16.9 Å². The van der Waals surface area contributed by atoms with E-state index in [-0.39, 0.29) is 0 Å². The maximum Gasteiger partial charge on any atom is 0.171 e. The van der Waals surface area contributed by atoms with Gasteiger partial charge in [0.2, 0.25) is 0 Å². The first kappa shape index (κ1) is 26.5. The van der Waals surface area contributed by atoms with Crippen molar-refractivity contribution in [2.24, 2.45) is 46.3 Å². The molecular weight excluding hydrogens is 438 g/mol. The van der Waals surface area contributed by atoms with Crippen molar-refractivity contribution in [3.63, 3.8) is 0 Å². The average molecular weight is 493 g/mol. The van der Waals surface area contributed by atoms with Gasteiger partial charge < -0.3 is 4.74 Å². The van der Waals surface area contributed by atoms with Gasteiger partial charge in [0.25, 0.3) is 0 Å². The molecule has 36 heavy (non-hydrogen) atoms. The van der Waals surface area contributed by atoms with Crippen LogP contribution in [-0.4, -0.2) is 12.7 Å². The minimum atomic E-state index is 0.418. The first-order valence-electron chi connectivity index (χ1n) is 15.6. The number of hydrogen-bond acceptors (Lipinski definition) is 1. The fourth-order valence-corrected chi connectivity index (χ4v) is 9.70. The highest BCUT2D eigenvalue weighted by Crippen LogP contribution is 2.67. The zero-order chi connectivity index (χ0) is 25.3. The van der Waals surface area contributed by atoms with Crippen LogP contribution in [0.2, 0.25) is 0 Å². The van der Waals surface area contributed by atoms with E-state index in [9.17, 15) is 0 Å². The lowest BCUT2D eigenvalue weighted by Gasteiger charge is -2.58. The third kappa shape index (κ3) is 5.10. The first-order valence-corrected chi connectivity index (χ1v) is 15.6. The number of ether oxygens (including phenoxy) is 1. The summed E-state index contributed by atoms with van der Waals surface area (Å²) < 4.78 is 8.66. The van der Waals surface area contributed by atoms with Crippen molar-refractivity contribution < 1.29 is 9.30 Å². The van der Waals surface area contributed by atoms with Crippen LogP contribution < -0.4 is 4.57 Å². The Morgan fingerprint density at radius 3 is 2.53 bits per heavy atom. The molecule has 2 heteroatoms. The molecule has 0 bridgehead atoms. The van der Waals surface area contributed by atoms with E-state index in [1.54, 1.807) is 5.57 Å². The molecule has 3 fully saturated rings. The molecule has 0 unspecified atom stereocenters. The number of fused-ring (bicyclic) bond motifs is 5. The van der Waals surface area contributed by atoms with E-state index < -0.39 is 0 Å². The zero-order valence-electron chi connectivity index (χ0n) is 24.1. The van der Waals surface area contributed by atoms with Crippen molar-refractivity contribution in [3.05, 3.63) is 42.2 Å². The molecular formula is C34H54NO+. The van der Waals surface area contributed by atoms with Crippen LogP contribution in [0.15, 0.2) is 42.2 Å². The molecule has 1 aromatic heterocycles. The topological polar surface area (TPSA) is 13.1 Å². The van der Waals surface area contributed by atoms with Gasteiger partial charge in [-0.15, -0.1) is 0 Å². The second-order valence-electron chi connectivity index (χ2n) is 14.1. The molecule has 0 saturated heterocycles. The molecule has 0 N–H and O–H groups in total. The summed E-state index contributed by atoms with van der Waals surface area (Å²) in [4.78, 5) is 0. The Bertz CT molecular complexity index is 892. The third-order valence-corrected chi connectivity index (χ3v) is 11.7. The van der Waals surface area contributed by atoms with Crippen LogP contribution in [0.5, 0.6) is 0 Å². The van der Waals surface area contributed by atoms with Gasteiger partial charge in [-0.3, -0.25) is 0 Å². The largest absolute Gasteiger partial charge is 0.371 e. The number of rotatable bonds is 9. The van der Waals surface area contributed by atoms with Crippen molar-refractivity contribution in [1.82, 2.24) is 0 Å². The Hall–Kier alpha value is -1.15. The molecule has 2 nitrogen and oxygen atoms in total. The van der Waals surface area contributed by atoms with Gasteiger partial charge in [0, 0.05) is 12.1 Å². The SMILES string of the molecule is CC(C)CCC[C@@H](C)[C@H]1CC[C@H]2[C@@H]3CC=C4C[C@@H](OCC[n+]5ccccc5)CC[C@]4(C)[C@H]3CC[C@]12C. The van der Waals surface area contributed by atoms with Crippen molar-refractivity contribution in [2.45, 2.75) is 118 Å². The predicted molar refractivity (Wildman–Crippen MR) is 149 cm³/mol. The lowest BCUT2D eigenvalue weighted by molar-refractivity contribution is -0.698. The molecule has 0 aromatic carbocycles. The molecule has 200 valence electrons. The summed E-state index contributed by atoms with van der Waals surface area (Å²) in [5, 5.41) is 0. The number of nitrogens with zero attached hydrogens (tertiary/aromatic N) is 1. The van der Waals surface area contributed by atoms with Crippen molar-refractivity contribution in [1.29, 1.82) is 0 Å². The van der Waals surface area contributed by atoms with E-state index in [0.717, 1.165) is 48.7 Å². The summed E-state index contributed by atoms with van der Waals surface area (Å²) >= 11 is 0. The lowest BCUT2D eigenvalue weighted by atomic mass is 9.47. The van der Waals surface area contributed by atoms with Crippen LogP contribution >= 0.6 is 0 Å². The summed E-state index contributed by atoms with van der Waals surface area (Å²) in [5.41, 5.74) is 2.78. The number of aromatic nitrogens is 1. The molecule has 4 aliphatic rings. The van der Waals surface area contributed by atoms with Gasteiger partial charge >= 0.3 is 0 Å². The quantitative estimate of drug-likeness (QED) is 0.249. The average Bonchev–Trinajstić information content (AvgIpc) is 3.22. The molecule has 0 amide bonds. The molecule has 4 aliphatic carbocycles. The highest BCUT2D eigenvalue weighted by Gasteiger charge is 2.59. The monoisotopic (exact) mass is 492 g/mol. The van der Waals surface area contributed by atoms with E-state index in [2.05, 4.69) is 75.9 Å². The van der Waals surface area contributed by atoms with Crippen molar-refractivity contribution >= 4 is 0 Å². The van der Waals surface area contributed by atoms with Crippen LogP contribution in [0.3, 0.4) is 0 Å². The summed E-state index contributed by atoms with van der Waals surface area (Å²) in [6.45, 7) is 14.5. The van der Waals surface area contributed by atoms with E-state index in [1.165, 1.54) is 70.6 Å². The van der Waals surface area contributed by atoms with Crippen molar-refractivity contribution in [3.8, 4) is 0 Å². The highest BCUT2D eigenvalue weighted by molar-refractivity contribution is 5.25. The maximum absolute atomic E-state index is 6.43. The Labute approximate surface area is 222 Å². The Kier molecular flexibility index (Phi) is 8.02. The second-order valence-corrected chi connectivity index (χ2v) is 14.1. The van der Waals surface area contributed by atoms with E-state index in [4.69, 9.17) is 4.74 Å². The van der Waals surface area contributed by atoms with Crippen LogP contribution in [0.1, 0.15) is 105 Å². The number of pyridine rings is 1. The fourth-order valence-electron chi connectivity index (χ4n) is 9.70. The first-order chi connectivity index (χ1) is 17.3. The fraction of sp³-hybridized carbons (Fsp3) is 0.794. The standard InChI is InChI=1S/C34H54NO/c1-25(2)10-9-11-26(3)30-14-15-31-29-13-12-27-24-28(36-23-22-35-20-7-6-8-21-35)16-18-33(27,4)32(29)17-19-34(30,31)5/h6-8,12,20-21,25-26,28-32H,9-11,13-19,22-24H2,1-5H3/q+1/t26-,28+,29+,30-,31+,32+,33+,34-/m1/s1. The highest BCUT2D eigenvalue weighted by atomic mass is 16.5. The summed E-state index contributed by atoms with van der Waals surface area (Å²) in [5.74, 6) is 5.51. The zero-order valence-corrected chi connectivity index (χ0v) is 24.1. The normalized spacial score (nSPS) is 38.7. The van der Waals surface area contributed by atoms with Crippen molar-refractivity contribution in [2.75, 3.05) is 6.61 Å². The summed E-state index contributed by atoms with van der Waals surface area (Å²) in [7, 11) is 0. The van der Waals surface area contributed by atoms with Gasteiger partial charge in [0.1, 0.15) is 6.61 Å². The number of allylic oxidation sites excluding steroid dienone is 1. The van der Waals surface area contributed by atoms with Crippen LogP contribution in [-0.2, 0) is 11.3 Å². The van der Waals surface area contributed by atoms with E-state index >= 15 is 0 Å². The summed E-state index contributed by atoms with van der Waals surface area (Å²) in [6, 6.07) is 6.28. The molecule has 0 spiro atoms. The van der Waals surface area contributed by atoms with E-state index in [1.807, 2.05) is 0 Å². The number of hydrogen-bond donors (Lipinski definition) is 0. The Morgan fingerprint density at radius 2 is 1.75 bits per heavy atom. The minimum absolute atomic E-state index is 0.418.